The molecule has 122 valence electrons. The minimum atomic E-state index is -0.128. The minimum Gasteiger partial charge on any atom is -0.291 e. The molecular formula is C19H15N5O. The van der Waals surface area contributed by atoms with Gasteiger partial charge >= 0.3 is 0 Å². The second-order valence-electron chi connectivity index (χ2n) is 5.53. The molecule has 0 aliphatic rings. The fourth-order valence-electron chi connectivity index (χ4n) is 2.62. The van der Waals surface area contributed by atoms with Gasteiger partial charge in [-0.1, -0.05) is 48.5 Å². The SMILES string of the molecule is O=c1cc(-c2ccccc2)ncn1Cc1ncnn1-c1ccccc1. The predicted molar refractivity (Wildman–Crippen MR) is 94.4 cm³/mol. The van der Waals surface area contributed by atoms with E-state index in [4.69, 9.17) is 0 Å². The number of aromatic nitrogens is 5. The Kier molecular flexibility index (Phi) is 3.92. The van der Waals surface area contributed by atoms with E-state index in [2.05, 4.69) is 15.1 Å². The number of nitrogens with zero attached hydrogens (tertiary/aromatic N) is 5. The van der Waals surface area contributed by atoms with E-state index in [0.717, 1.165) is 11.3 Å². The van der Waals surface area contributed by atoms with Gasteiger partial charge < -0.3 is 0 Å². The van der Waals surface area contributed by atoms with Crippen molar-refractivity contribution in [3.8, 4) is 16.9 Å². The lowest BCUT2D eigenvalue weighted by Crippen LogP contribution is -2.22. The average molecular weight is 329 g/mol. The highest BCUT2D eigenvalue weighted by atomic mass is 16.1. The fourth-order valence-corrected chi connectivity index (χ4v) is 2.62. The zero-order valence-electron chi connectivity index (χ0n) is 13.4. The standard InChI is InChI=1S/C19H15N5O/c25-19-11-17(15-7-3-1-4-8-15)21-14-23(19)12-18-20-13-22-24(18)16-9-5-2-6-10-16/h1-11,13-14H,12H2. The fraction of sp³-hybridized carbons (Fsp3) is 0.0526. The Bertz CT molecular complexity index is 1040. The van der Waals surface area contributed by atoms with Crippen LogP contribution in [0.1, 0.15) is 5.82 Å². The Morgan fingerprint density at radius 2 is 1.60 bits per heavy atom. The van der Waals surface area contributed by atoms with Crippen LogP contribution in [0.4, 0.5) is 0 Å². The molecule has 0 aliphatic carbocycles. The summed E-state index contributed by atoms with van der Waals surface area (Å²) in [5, 5.41) is 4.25. The Hall–Kier alpha value is -3.54. The molecule has 4 aromatic rings. The van der Waals surface area contributed by atoms with Crippen LogP contribution in [-0.4, -0.2) is 24.3 Å². The number of para-hydroxylation sites is 1. The van der Waals surface area contributed by atoms with Gasteiger partial charge in [0.2, 0.25) is 0 Å². The van der Waals surface area contributed by atoms with Crippen molar-refractivity contribution in [1.29, 1.82) is 0 Å². The second-order valence-corrected chi connectivity index (χ2v) is 5.53. The molecule has 0 fully saturated rings. The quantitative estimate of drug-likeness (QED) is 0.577. The molecule has 6 heteroatoms. The minimum absolute atomic E-state index is 0.128. The summed E-state index contributed by atoms with van der Waals surface area (Å²) in [7, 11) is 0. The largest absolute Gasteiger partial charge is 0.291 e. The van der Waals surface area contributed by atoms with Crippen LogP contribution in [-0.2, 0) is 6.54 Å². The Labute approximate surface area is 144 Å². The summed E-state index contributed by atoms with van der Waals surface area (Å²) in [6, 6.07) is 20.9. The van der Waals surface area contributed by atoms with Crippen molar-refractivity contribution in [2.45, 2.75) is 6.54 Å². The van der Waals surface area contributed by atoms with Crippen molar-refractivity contribution in [2.75, 3.05) is 0 Å². The van der Waals surface area contributed by atoms with Gasteiger partial charge in [-0.3, -0.25) is 9.36 Å². The number of rotatable bonds is 4. The van der Waals surface area contributed by atoms with Crippen molar-refractivity contribution in [1.82, 2.24) is 24.3 Å². The van der Waals surface area contributed by atoms with Crippen molar-refractivity contribution < 1.29 is 0 Å². The van der Waals surface area contributed by atoms with Crippen molar-refractivity contribution in [3.05, 3.63) is 95.6 Å². The van der Waals surface area contributed by atoms with Gasteiger partial charge in [0.05, 0.1) is 24.3 Å². The molecule has 0 saturated carbocycles. The first-order valence-electron chi connectivity index (χ1n) is 7.87. The van der Waals surface area contributed by atoms with Crippen LogP contribution in [0.25, 0.3) is 16.9 Å². The molecule has 0 unspecified atom stereocenters. The molecule has 0 saturated heterocycles. The van der Waals surface area contributed by atoms with Gasteiger partial charge in [-0.2, -0.15) is 5.10 Å². The topological polar surface area (TPSA) is 65.6 Å². The van der Waals surface area contributed by atoms with Crippen molar-refractivity contribution >= 4 is 0 Å². The zero-order valence-corrected chi connectivity index (χ0v) is 13.4. The van der Waals surface area contributed by atoms with Crippen LogP contribution in [0, 0.1) is 0 Å². The zero-order chi connectivity index (χ0) is 17.1. The molecule has 0 aliphatic heterocycles. The van der Waals surface area contributed by atoms with Crippen LogP contribution in [0.5, 0.6) is 0 Å². The third kappa shape index (κ3) is 3.10. The summed E-state index contributed by atoms with van der Waals surface area (Å²) >= 11 is 0. The van der Waals surface area contributed by atoms with E-state index in [0.29, 0.717) is 18.1 Å². The van der Waals surface area contributed by atoms with Crippen LogP contribution in [0.3, 0.4) is 0 Å². The molecular weight excluding hydrogens is 314 g/mol. The average Bonchev–Trinajstić information content (AvgIpc) is 3.13. The van der Waals surface area contributed by atoms with E-state index in [-0.39, 0.29) is 5.56 Å². The monoisotopic (exact) mass is 329 g/mol. The highest BCUT2D eigenvalue weighted by Gasteiger charge is 2.09. The number of hydrogen-bond donors (Lipinski definition) is 0. The molecule has 2 aromatic heterocycles. The molecule has 4 rings (SSSR count). The van der Waals surface area contributed by atoms with E-state index < -0.39 is 0 Å². The molecule has 2 heterocycles. The molecule has 0 atom stereocenters. The molecule has 0 radical (unpaired) electrons. The van der Waals surface area contributed by atoms with Crippen LogP contribution in [0.15, 0.2) is 84.2 Å². The van der Waals surface area contributed by atoms with Crippen LogP contribution < -0.4 is 5.56 Å². The lowest BCUT2D eigenvalue weighted by molar-refractivity contribution is 0.670. The second kappa shape index (κ2) is 6.52. The number of hydrogen-bond acceptors (Lipinski definition) is 4. The maximum atomic E-state index is 12.5. The van der Waals surface area contributed by atoms with Gasteiger partial charge in [0.15, 0.2) is 5.82 Å². The van der Waals surface area contributed by atoms with Gasteiger partial charge in [-0.25, -0.2) is 14.6 Å². The Morgan fingerprint density at radius 3 is 2.32 bits per heavy atom. The highest BCUT2D eigenvalue weighted by Crippen LogP contribution is 2.14. The summed E-state index contributed by atoms with van der Waals surface area (Å²) in [6.07, 6.45) is 3.04. The summed E-state index contributed by atoms with van der Waals surface area (Å²) in [5.74, 6) is 0.669. The molecule has 6 nitrogen and oxygen atoms in total. The Morgan fingerprint density at radius 1 is 0.880 bits per heavy atom. The molecule has 0 amide bonds. The Balaban J connectivity index is 1.65. The third-order valence-corrected chi connectivity index (χ3v) is 3.88. The summed E-state index contributed by atoms with van der Waals surface area (Å²) < 4.78 is 3.24. The molecule has 0 N–H and O–H groups in total. The van der Waals surface area contributed by atoms with E-state index in [1.165, 1.54) is 10.9 Å². The van der Waals surface area contributed by atoms with E-state index >= 15 is 0 Å². The summed E-state index contributed by atoms with van der Waals surface area (Å²) in [5.41, 5.74) is 2.35. The van der Waals surface area contributed by atoms with Gasteiger partial charge in [0, 0.05) is 11.6 Å². The van der Waals surface area contributed by atoms with Crippen molar-refractivity contribution in [2.24, 2.45) is 0 Å². The molecule has 2 aromatic carbocycles. The molecule has 25 heavy (non-hydrogen) atoms. The number of benzene rings is 2. The van der Waals surface area contributed by atoms with Crippen LogP contribution in [0.2, 0.25) is 0 Å². The summed E-state index contributed by atoms with van der Waals surface area (Å²) in [6.45, 7) is 0.301. The first-order valence-corrected chi connectivity index (χ1v) is 7.87. The first-order chi connectivity index (χ1) is 12.3. The van der Waals surface area contributed by atoms with Gasteiger partial charge in [0.1, 0.15) is 6.33 Å². The lowest BCUT2D eigenvalue weighted by atomic mass is 10.1. The van der Waals surface area contributed by atoms with E-state index in [9.17, 15) is 4.79 Å². The van der Waals surface area contributed by atoms with Crippen molar-refractivity contribution in [3.63, 3.8) is 0 Å². The van der Waals surface area contributed by atoms with E-state index in [1.807, 2.05) is 60.7 Å². The highest BCUT2D eigenvalue weighted by molar-refractivity contribution is 5.57. The molecule has 0 bridgehead atoms. The first kappa shape index (κ1) is 15.0. The maximum Gasteiger partial charge on any atom is 0.254 e. The normalized spacial score (nSPS) is 10.7. The van der Waals surface area contributed by atoms with Gasteiger partial charge in [-0.15, -0.1) is 0 Å². The maximum absolute atomic E-state index is 12.5. The predicted octanol–water partition coefficient (Wildman–Crippen LogP) is 2.54. The third-order valence-electron chi connectivity index (χ3n) is 3.88. The van der Waals surface area contributed by atoms with Gasteiger partial charge in [-0.05, 0) is 12.1 Å². The van der Waals surface area contributed by atoms with E-state index in [1.54, 1.807) is 17.1 Å². The smallest absolute Gasteiger partial charge is 0.254 e. The molecule has 0 spiro atoms. The summed E-state index contributed by atoms with van der Waals surface area (Å²) in [4.78, 5) is 21.1. The van der Waals surface area contributed by atoms with Gasteiger partial charge in [0.25, 0.3) is 5.56 Å². The van der Waals surface area contributed by atoms with Crippen LogP contribution >= 0.6 is 0 Å². The lowest BCUT2D eigenvalue weighted by Gasteiger charge is -2.08.